The molecule has 4 heteroatoms. The van der Waals surface area contributed by atoms with Crippen LogP contribution in [0.25, 0.3) is 0 Å². The Morgan fingerprint density at radius 1 is 1.14 bits per heavy atom. The summed E-state index contributed by atoms with van der Waals surface area (Å²) in [7, 11) is 0. The largest absolute Gasteiger partial charge is 0.384 e. The first-order chi connectivity index (χ1) is 9.81. The van der Waals surface area contributed by atoms with Gasteiger partial charge >= 0.3 is 0 Å². The van der Waals surface area contributed by atoms with E-state index >= 15 is 0 Å². The molecule has 0 radical (unpaired) electrons. The summed E-state index contributed by atoms with van der Waals surface area (Å²) in [5.41, 5.74) is 7.24. The normalized spacial score (nSPS) is 11.2. The fourth-order valence-corrected chi connectivity index (χ4v) is 2.41. The minimum Gasteiger partial charge on any atom is -0.384 e. The Labute approximate surface area is 134 Å². The fourth-order valence-electron chi connectivity index (χ4n) is 2.11. The van der Waals surface area contributed by atoms with Crippen LogP contribution in [0, 0.1) is 17.2 Å². The minimum atomic E-state index is 0.0550. The van der Waals surface area contributed by atoms with Gasteiger partial charge in [0.25, 0.3) is 0 Å². The van der Waals surface area contributed by atoms with E-state index in [4.69, 9.17) is 22.7 Å². The first-order valence-electron chi connectivity index (χ1n) is 7.70. The summed E-state index contributed by atoms with van der Waals surface area (Å²) in [5.74, 6) is 1.39. The van der Waals surface area contributed by atoms with E-state index in [-0.39, 0.29) is 5.84 Å². The van der Waals surface area contributed by atoms with Crippen LogP contribution in [0.5, 0.6) is 0 Å². The zero-order valence-electron chi connectivity index (χ0n) is 13.6. The molecular formula is C17H28ClN3. The summed E-state index contributed by atoms with van der Waals surface area (Å²) >= 11 is 6.40. The highest BCUT2D eigenvalue weighted by atomic mass is 35.5. The molecule has 0 aliphatic heterocycles. The lowest BCUT2D eigenvalue weighted by molar-refractivity contribution is 0.535. The SMILES string of the molecule is CC(C)CCN(CCC(C)C)c1ccc(C(=N)N)cc1Cl. The van der Waals surface area contributed by atoms with Gasteiger partial charge in [0.2, 0.25) is 0 Å². The van der Waals surface area contributed by atoms with Crippen molar-refractivity contribution in [3.8, 4) is 0 Å². The zero-order valence-corrected chi connectivity index (χ0v) is 14.4. The Morgan fingerprint density at radius 3 is 2.05 bits per heavy atom. The van der Waals surface area contributed by atoms with Crippen LogP contribution in [0.15, 0.2) is 18.2 Å². The van der Waals surface area contributed by atoms with Crippen LogP contribution in [0.3, 0.4) is 0 Å². The fraction of sp³-hybridized carbons (Fsp3) is 0.588. The third kappa shape index (κ3) is 5.96. The first kappa shape index (κ1) is 17.8. The predicted molar refractivity (Wildman–Crippen MR) is 93.6 cm³/mol. The van der Waals surface area contributed by atoms with E-state index in [0.717, 1.165) is 31.6 Å². The first-order valence-corrected chi connectivity index (χ1v) is 8.08. The molecule has 118 valence electrons. The maximum absolute atomic E-state index is 7.49. The second-order valence-electron chi connectivity index (χ2n) is 6.43. The van der Waals surface area contributed by atoms with E-state index in [1.165, 1.54) is 0 Å². The molecule has 0 spiro atoms. The van der Waals surface area contributed by atoms with Crippen molar-refractivity contribution in [2.45, 2.75) is 40.5 Å². The summed E-state index contributed by atoms with van der Waals surface area (Å²) in [6.45, 7) is 11.0. The quantitative estimate of drug-likeness (QED) is 0.548. The summed E-state index contributed by atoms with van der Waals surface area (Å²) in [6, 6.07) is 5.65. The van der Waals surface area contributed by atoms with Gasteiger partial charge in [-0.15, -0.1) is 0 Å². The van der Waals surface area contributed by atoms with Gasteiger partial charge in [-0.25, -0.2) is 0 Å². The standard InChI is InChI=1S/C17H28ClN3/c1-12(2)7-9-21(10-8-13(3)4)16-6-5-14(17(19)20)11-15(16)18/h5-6,11-13H,7-10H2,1-4H3,(H3,19,20). The third-order valence-corrected chi connectivity index (χ3v) is 3.85. The van der Waals surface area contributed by atoms with Gasteiger partial charge < -0.3 is 10.6 Å². The predicted octanol–water partition coefficient (Wildman–Crippen LogP) is 4.52. The molecule has 0 unspecified atom stereocenters. The number of nitrogens with two attached hydrogens (primary N) is 1. The highest BCUT2D eigenvalue weighted by molar-refractivity contribution is 6.33. The average molecular weight is 310 g/mol. The molecule has 0 atom stereocenters. The molecule has 0 saturated heterocycles. The van der Waals surface area contributed by atoms with Crippen LogP contribution in [-0.2, 0) is 0 Å². The van der Waals surface area contributed by atoms with Crippen molar-refractivity contribution in [3.05, 3.63) is 28.8 Å². The van der Waals surface area contributed by atoms with Crippen molar-refractivity contribution < 1.29 is 0 Å². The second kappa shape index (κ2) is 8.28. The number of amidine groups is 1. The molecule has 0 fully saturated rings. The van der Waals surface area contributed by atoms with Gasteiger partial charge in [0.15, 0.2) is 0 Å². The number of nitrogens with zero attached hydrogens (tertiary/aromatic N) is 1. The maximum Gasteiger partial charge on any atom is 0.122 e. The van der Waals surface area contributed by atoms with Crippen LogP contribution in [0.2, 0.25) is 5.02 Å². The highest BCUT2D eigenvalue weighted by Gasteiger charge is 2.13. The van der Waals surface area contributed by atoms with Gasteiger partial charge in [0.05, 0.1) is 10.7 Å². The molecule has 0 aromatic heterocycles. The molecule has 1 aromatic rings. The molecule has 1 rings (SSSR count). The number of anilines is 1. The van der Waals surface area contributed by atoms with Gasteiger partial charge in [0.1, 0.15) is 5.84 Å². The summed E-state index contributed by atoms with van der Waals surface area (Å²) < 4.78 is 0. The van der Waals surface area contributed by atoms with Crippen molar-refractivity contribution in [1.82, 2.24) is 0 Å². The van der Waals surface area contributed by atoms with Crippen LogP contribution in [0.4, 0.5) is 5.69 Å². The van der Waals surface area contributed by atoms with E-state index in [2.05, 4.69) is 32.6 Å². The van der Waals surface area contributed by atoms with E-state index in [0.29, 0.717) is 22.4 Å². The van der Waals surface area contributed by atoms with Crippen molar-refractivity contribution in [3.63, 3.8) is 0 Å². The molecule has 0 aliphatic rings. The van der Waals surface area contributed by atoms with Gasteiger partial charge in [-0.1, -0.05) is 39.3 Å². The Hall–Kier alpha value is -1.22. The lowest BCUT2D eigenvalue weighted by Crippen LogP contribution is -2.28. The summed E-state index contributed by atoms with van der Waals surface area (Å²) in [4.78, 5) is 2.35. The van der Waals surface area contributed by atoms with Crippen molar-refractivity contribution in [1.29, 1.82) is 5.41 Å². The smallest absolute Gasteiger partial charge is 0.122 e. The van der Waals surface area contributed by atoms with Crippen molar-refractivity contribution in [2.75, 3.05) is 18.0 Å². The number of rotatable bonds is 8. The Balaban J connectivity index is 2.92. The summed E-state index contributed by atoms with van der Waals surface area (Å²) in [6.07, 6.45) is 2.28. The lowest BCUT2D eigenvalue weighted by Gasteiger charge is -2.27. The van der Waals surface area contributed by atoms with E-state index in [1.54, 1.807) is 6.07 Å². The van der Waals surface area contributed by atoms with Gasteiger partial charge in [-0.3, -0.25) is 5.41 Å². The Morgan fingerprint density at radius 2 is 1.67 bits per heavy atom. The lowest BCUT2D eigenvalue weighted by atomic mass is 10.1. The molecule has 21 heavy (non-hydrogen) atoms. The Bertz CT molecular complexity index is 457. The molecule has 0 bridgehead atoms. The van der Waals surface area contributed by atoms with Gasteiger partial charge in [0, 0.05) is 18.7 Å². The minimum absolute atomic E-state index is 0.0550. The number of nitrogens with one attached hydrogen (secondary N) is 1. The van der Waals surface area contributed by atoms with E-state index in [1.807, 2.05) is 12.1 Å². The van der Waals surface area contributed by atoms with Crippen molar-refractivity contribution in [2.24, 2.45) is 17.6 Å². The second-order valence-corrected chi connectivity index (χ2v) is 6.84. The third-order valence-electron chi connectivity index (χ3n) is 3.55. The zero-order chi connectivity index (χ0) is 16.0. The number of hydrogen-bond donors (Lipinski definition) is 2. The topological polar surface area (TPSA) is 53.1 Å². The van der Waals surface area contributed by atoms with Crippen LogP contribution >= 0.6 is 11.6 Å². The molecule has 0 amide bonds. The molecule has 3 N–H and O–H groups in total. The summed E-state index contributed by atoms with van der Waals surface area (Å²) in [5, 5.41) is 8.17. The number of benzene rings is 1. The van der Waals surface area contributed by atoms with Crippen LogP contribution in [-0.4, -0.2) is 18.9 Å². The molecule has 0 heterocycles. The molecule has 0 aliphatic carbocycles. The number of hydrogen-bond acceptors (Lipinski definition) is 2. The number of nitrogen functional groups attached to an aromatic ring is 1. The van der Waals surface area contributed by atoms with Crippen molar-refractivity contribution >= 4 is 23.1 Å². The highest BCUT2D eigenvalue weighted by Crippen LogP contribution is 2.28. The number of halogens is 1. The molecule has 3 nitrogen and oxygen atoms in total. The Kier molecular flexibility index (Phi) is 7.03. The maximum atomic E-state index is 7.49. The van der Waals surface area contributed by atoms with E-state index < -0.39 is 0 Å². The van der Waals surface area contributed by atoms with Gasteiger partial charge in [-0.05, 0) is 42.9 Å². The van der Waals surface area contributed by atoms with Crippen LogP contribution < -0.4 is 10.6 Å². The van der Waals surface area contributed by atoms with Crippen LogP contribution in [0.1, 0.15) is 46.1 Å². The van der Waals surface area contributed by atoms with Gasteiger partial charge in [-0.2, -0.15) is 0 Å². The molecular weight excluding hydrogens is 282 g/mol. The molecule has 1 aromatic carbocycles. The monoisotopic (exact) mass is 309 g/mol. The molecule has 0 saturated carbocycles. The van der Waals surface area contributed by atoms with E-state index in [9.17, 15) is 0 Å². The average Bonchev–Trinajstić information content (AvgIpc) is 2.38.